The third kappa shape index (κ3) is 2.12. The highest BCUT2D eigenvalue weighted by Gasteiger charge is 2.03. The first-order valence-electron chi connectivity index (χ1n) is 4.67. The van der Waals surface area contributed by atoms with Crippen molar-refractivity contribution in [1.82, 2.24) is 0 Å². The lowest BCUT2D eigenvalue weighted by atomic mass is 10.0. The molecule has 0 radical (unpaired) electrons. The van der Waals surface area contributed by atoms with Gasteiger partial charge in [-0.2, -0.15) is 0 Å². The van der Waals surface area contributed by atoms with Crippen LogP contribution in [0.2, 0.25) is 0 Å². The molecule has 0 aliphatic carbocycles. The van der Waals surface area contributed by atoms with E-state index in [1.54, 1.807) is 0 Å². The minimum absolute atomic E-state index is 0.464. The van der Waals surface area contributed by atoms with Crippen molar-refractivity contribution in [2.24, 2.45) is 0 Å². The molecule has 0 bridgehead atoms. The number of nitro groups is 1. The van der Waals surface area contributed by atoms with Crippen molar-refractivity contribution in [2.75, 3.05) is 0 Å². The summed E-state index contributed by atoms with van der Waals surface area (Å²) in [5, 5.41) is 12.4. The molecule has 0 atom stereocenters. The van der Waals surface area contributed by atoms with Crippen LogP contribution in [0, 0.1) is 10.1 Å². The van der Waals surface area contributed by atoms with Crippen LogP contribution in [0.1, 0.15) is 5.56 Å². The second-order valence-electron chi connectivity index (χ2n) is 3.28. The number of nitrogens with zero attached hydrogens (tertiary/aromatic N) is 1. The summed E-state index contributed by atoms with van der Waals surface area (Å²) in [5.74, 6) is 0. The van der Waals surface area contributed by atoms with Gasteiger partial charge in [-0.1, -0.05) is 46.3 Å². The fourth-order valence-corrected chi connectivity index (χ4v) is 2.05. The Morgan fingerprint density at radius 1 is 1.19 bits per heavy atom. The highest BCUT2D eigenvalue weighted by atomic mass is 79.9. The van der Waals surface area contributed by atoms with Crippen molar-refractivity contribution >= 4 is 32.8 Å². The molecule has 0 amide bonds. The van der Waals surface area contributed by atoms with Crippen LogP contribution in [0.25, 0.3) is 16.8 Å². The molecule has 4 heteroatoms. The molecular formula is C12H8BrNO2. The van der Waals surface area contributed by atoms with Crippen molar-refractivity contribution in [3.63, 3.8) is 0 Å². The number of hydrogen-bond acceptors (Lipinski definition) is 2. The summed E-state index contributed by atoms with van der Waals surface area (Å²) in [7, 11) is 0. The van der Waals surface area contributed by atoms with E-state index in [-0.39, 0.29) is 0 Å². The Labute approximate surface area is 101 Å². The van der Waals surface area contributed by atoms with Gasteiger partial charge in [0.2, 0.25) is 6.20 Å². The van der Waals surface area contributed by atoms with Gasteiger partial charge in [-0.25, -0.2) is 0 Å². The second-order valence-corrected chi connectivity index (χ2v) is 4.14. The van der Waals surface area contributed by atoms with Gasteiger partial charge in [0.15, 0.2) is 0 Å². The highest BCUT2D eigenvalue weighted by Crippen LogP contribution is 2.27. The molecule has 0 fully saturated rings. The lowest BCUT2D eigenvalue weighted by molar-refractivity contribution is -0.400. The lowest BCUT2D eigenvalue weighted by Gasteiger charge is -2.03. The Kier molecular flexibility index (Phi) is 3.01. The number of rotatable bonds is 2. The first kappa shape index (κ1) is 10.8. The zero-order valence-corrected chi connectivity index (χ0v) is 9.85. The summed E-state index contributed by atoms with van der Waals surface area (Å²) >= 11 is 3.39. The van der Waals surface area contributed by atoms with Gasteiger partial charge in [0.1, 0.15) is 0 Å². The van der Waals surface area contributed by atoms with Crippen LogP contribution in [0.15, 0.2) is 47.1 Å². The Bertz CT molecular complexity index is 578. The van der Waals surface area contributed by atoms with Crippen molar-refractivity contribution in [2.45, 2.75) is 0 Å². The summed E-state index contributed by atoms with van der Waals surface area (Å²) < 4.78 is 0.851. The molecule has 0 spiro atoms. The van der Waals surface area contributed by atoms with Crippen LogP contribution < -0.4 is 0 Å². The topological polar surface area (TPSA) is 43.1 Å². The van der Waals surface area contributed by atoms with Gasteiger partial charge >= 0.3 is 0 Å². The van der Waals surface area contributed by atoms with E-state index in [4.69, 9.17) is 0 Å². The molecule has 0 heterocycles. The first-order valence-corrected chi connectivity index (χ1v) is 5.47. The number of halogens is 1. The fraction of sp³-hybridized carbons (Fsp3) is 0. The van der Waals surface area contributed by atoms with Crippen LogP contribution in [-0.2, 0) is 0 Å². The smallest absolute Gasteiger partial charge is 0.235 e. The minimum atomic E-state index is -0.464. The number of benzene rings is 2. The van der Waals surface area contributed by atoms with Crippen LogP contribution in [0.5, 0.6) is 0 Å². The van der Waals surface area contributed by atoms with Crippen molar-refractivity contribution < 1.29 is 4.92 Å². The highest BCUT2D eigenvalue weighted by molar-refractivity contribution is 9.10. The first-order chi connectivity index (χ1) is 7.68. The van der Waals surface area contributed by atoms with Gasteiger partial charge < -0.3 is 0 Å². The molecule has 0 saturated heterocycles. The molecule has 2 aromatic rings. The Morgan fingerprint density at radius 3 is 2.69 bits per heavy atom. The Hall–Kier alpha value is -1.68. The maximum Gasteiger partial charge on any atom is 0.235 e. The predicted molar refractivity (Wildman–Crippen MR) is 67.7 cm³/mol. The van der Waals surface area contributed by atoms with E-state index >= 15 is 0 Å². The van der Waals surface area contributed by atoms with Crippen LogP contribution in [-0.4, -0.2) is 4.92 Å². The van der Waals surface area contributed by atoms with Gasteiger partial charge in [0.25, 0.3) is 0 Å². The second kappa shape index (κ2) is 4.45. The van der Waals surface area contributed by atoms with E-state index in [1.807, 2.05) is 36.4 Å². The van der Waals surface area contributed by atoms with E-state index in [9.17, 15) is 10.1 Å². The summed E-state index contributed by atoms with van der Waals surface area (Å²) in [4.78, 5) is 9.86. The maximum atomic E-state index is 10.3. The van der Waals surface area contributed by atoms with Crippen molar-refractivity contribution in [1.29, 1.82) is 0 Å². The van der Waals surface area contributed by atoms with Crippen molar-refractivity contribution in [3.8, 4) is 0 Å². The fourth-order valence-electron chi connectivity index (χ4n) is 1.57. The summed E-state index contributed by atoms with van der Waals surface area (Å²) in [6.07, 6.45) is 2.46. The SMILES string of the molecule is O=[N+]([O-])/C=C/c1c(Br)ccc2ccccc12. The third-order valence-corrected chi connectivity index (χ3v) is 2.97. The normalized spacial score (nSPS) is 11.1. The molecule has 80 valence electrons. The molecule has 0 unspecified atom stereocenters. The van der Waals surface area contributed by atoms with Gasteiger partial charge in [-0.3, -0.25) is 10.1 Å². The molecule has 0 aliphatic heterocycles. The van der Waals surface area contributed by atoms with Gasteiger partial charge in [0, 0.05) is 16.1 Å². The van der Waals surface area contributed by atoms with E-state index in [1.165, 1.54) is 6.08 Å². The molecule has 0 aromatic heterocycles. The minimum Gasteiger partial charge on any atom is -0.259 e. The van der Waals surface area contributed by atoms with Crippen LogP contribution in [0.4, 0.5) is 0 Å². The van der Waals surface area contributed by atoms with E-state index in [0.29, 0.717) is 0 Å². The molecule has 0 aliphatic rings. The largest absolute Gasteiger partial charge is 0.259 e. The molecule has 3 nitrogen and oxygen atoms in total. The zero-order valence-electron chi connectivity index (χ0n) is 8.26. The van der Waals surface area contributed by atoms with Crippen LogP contribution in [0.3, 0.4) is 0 Å². The summed E-state index contributed by atoms with van der Waals surface area (Å²) in [6.45, 7) is 0. The van der Waals surface area contributed by atoms with E-state index < -0.39 is 4.92 Å². The molecule has 2 aromatic carbocycles. The van der Waals surface area contributed by atoms with Crippen LogP contribution >= 0.6 is 15.9 Å². The molecule has 16 heavy (non-hydrogen) atoms. The molecule has 2 rings (SSSR count). The quantitative estimate of drug-likeness (QED) is 0.618. The number of fused-ring (bicyclic) bond motifs is 1. The van der Waals surface area contributed by atoms with Crippen molar-refractivity contribution in [3.05, 3.63) is 62.7 Å². The Balaban J connectivity index is 2.66. The molecule has 0 saturated carbocycles. The lowest BCUT2D eigenvalue weighted by Crippen LogP contribution is -1.85. The van der Waals surface area contributed by atoms with Gasteiger partial charge in [-0.05, 0) is 16.8 Å². The number of hydrogen-bond donors (Lipinski definition) is 0. The average Bonchev–Trinajstić information content (AvgIpc) is 2.27. The van der Waals surface area contributed by atoms with E-state index in [2.05, 4.69) is 15.9 Å². The zero-order chi connectivity index (χ0) is 11.5. The summed E-state index contributed by atoms with van der Waals surface area (Å²) in [6, 6.07) is 11.6. The van der Waals surface area contributed by atoms with Gasteiger partial charge in [-0.15, -0.1) is 0 Å². The predicted octanol–water partition coefficient (Wildman–Crippen LogP) is 3.85. The molecular weight excluding hydrogens is 270 g/mol. The summed E-state index contributed by atoms with van der Waals surface area (Å²) in [5.41, 5.74) is 0.829. The van der Waals surface area contributed by atoms with E-state index in [0.717, 1.165) is 27.0 Å². The Morgan fingerprint density at radius 2 is 1.94 bits per heavy atom. The standard InChI is InChI=1S/C12H8BrNO2/c13-12-6-5-9-3-1-2-4-10(9)11(12)7-8-14(15)16/h1-8H/b8-7+. The molecule has 0 N–H and O–H groups in total. The average molecular weight is 278 g/mol. The van der Waals surface area contributed by atoms with Gasteiger partial charge in [0.05, 0.1) is 4.92 Å². The third-order valence-electron chi connectivity index (χ3n) is 2.28. The monoisotopic (exact) mass is 277 g/mol. The maximum absolute atomic E-state index is 10.3.